The van der Waals surface area contributed by atoms with Gasteiger partial charge < -0.3 is 4.90 Å². The number of hydrogen-bond donors (Lipinski definition) is 0. The van der Waals surface area contributed by atoms with Crippen molar-refractivity contribution in [3.63, 3.8) is 0 Å². The van der Waals surface area contributed by atoms with Crippen LogP contribution >= 0.6 is 0 Å². The van der Waals surface area contributed by atoms with Gasteiger partial charge >= 0.3 is 0 Å². The van der Waals surface area contributed by atoms with Gasteiger partial charge in [-0.3, -0.25) is 0 Å². The summed E-state index contributed by atoms with van der Waals surface area (Å²) in [6.45, 7) is 0. The first-order valence-electron chi connectivity index (χ1n) is 9.93. The number of rotatable bonds is 5. The Hall–Kier alpha value is -3.58. The minimum Gasteiger partial charge on any atom is -0.377 e. The quantitative estimate of drug-likeness (QED) is 0.348. The van der Waals surface area contributed by atoms with Crippen LogP contribution in [-0.2, 0) is 0 Å². The predicted octanol–water partition coefficient (Wildman–Crippen LogP) is 6.76. The van der Waals surface area contributed by atoms with Crippen LogP contribution in [0.4, 0.5) is 5.69 Å². The van der Waals surface area contributed by atoms with Crippen molar-refractivity contribution in [2.24, 2.45) is 0 Å². The Morgan fingerprint density at radius 3 is 1.28 bits per heavy atom. The molecule has 0 radical (unpaired) electrons. The van der Waals surface area contributed by atoms with Crippen LogP contribution in [0.1, 0.15) is 22.3 Å². The van der Waals surface area contributed by atoms with E-state index in [-0.39, 0.29) is 0 Å². The first kappa shape index (κ1) is 18.8. The Morgan fingerprint density at radius 2 is 0.828 bits per heavy atom. The van der Waals surface area contributed by atoms with Crippen LogP contribution < -0.4 is 4.90 Å². The zero-order valence-corrected chi connectivity index (χ0v) is 16.9. The van der Waals surface area contributed by atoms with Crippen molar-refractivity contribution >= 4 is 16.8 Å². The molecule has 29 heavy (non-hydrogen) atoms. The van der Waals surface area contributed by atoms with E-state index in [9.17, 15) is 0 Å². The molecule has 4 aromatic rings. The third-order valence-electron chi connectivity index (χ3n) is 5.09. The van der Waals surface area contributed by atoms with Crippen LogP contribution in [0.2, 0.25) is 0 Å². The van der Waals surface area contributed by atoms with E-state index in [0.717, 1.165) is 0 Å². The van der Waals surface area contributed by atoms with Gasteiger partial charge in [-0.2, -0.15) is 0 Å². The molecule has 0 aliphatic rings. The lowest BCUT2D eigenvalue weighted by atomic mass is 9.85. The van der Waals surface area contributed by atoms with Crippen molar-refractivity contribution in [2.45, 2.75) is 0 Å². The predicted molar refractivity (Wildman–Crippen MR) is 125 cm³/mol. The van der Waals surface area contributed by atoms with Crippen molar-refractivity contribution < 1.29 is 0 Å². The second kappa shape index (κ2) is 8.62. The molecule has 0 aliphatic carbocycles. The highest BCUT2D eigenvalue weighted by molar-refractivity contribution is 6.06. The smallest absolute Gasteiger partial charge is 0.0441 e. The van der Waals surface area contributed by atoms with Gasteiger partial charge in [0.2, 0.25) is 0 Å². The lowest BCUT2D eigenvalue weighted by Crippen LogP contribution is -2.11. The van der Waals surface area contributed by atoms with E-state index < -0.39 is 0 Å². The average molecular weight is 376 g/mol. The summed E-state index contributed by atoms with van der Waals surface area (Å²) in [7, 11) is 4.21. The van der Waals surface area contributed by atoms with Crippen molar-refractivity contribution in [3.05, 3.63) is 138 Å². The van der Waals surface area contributed by atoms with Crippen LogP contribution in [0.3, 0.4) is 0 Å². The van der Waals surface area contributed by atoms with E-state index in [4.69, 9.17) is 0 Å². The van der Waals surface area contributed by atoms with Crippen molar-refractivity contribution in [3.8, 4) is 0 Å². The van der Waals surface area contributed by atoms with Crippen molar-refractivity contribution in [1.82, 2.24) is 0 Å². The van der Waals surface area contributed by atoms with Gasteiger partial charge in [-0.1, -0.05) is 109 Å². The highest BCUT2D eigenvalue weighted by Gasteiger charge is 2.18. The van der Waals surface area contributed by atoms with Gasteiger partial charge in [-0.15, -0.1) is 0 Å². The van der Waals surface area contributed by atoms with Crippen LogP contribution in [0.15, 0.2) is 115 Å². The number of anilines is 1. The minimum atomic E-state index is 1.20. The first-order valence-corrected chi connectivity index (χ1v) is 9.93. The molecule has 0 unspecified atom stereocenters. The molecule has 0 amide bonds. The topological polar surface area (TPSA) is 3.24 Å². The van der Waals surface area contributed by atoms with Gasteiger partial charge in [-0.05, 0) is 33.9 Å². The summed E-state index contributed by atoms with van der Waals surface area (Å²) in [5.74, 6) is 0. The SMILES string of the molecule is CN(C)c1ccccc1C(=C(c1ccccc1)c1ccccc1)c1ccccc1. The fraction of sp³-hybridized carbons (Fsp3) is 0.0714. The summed E-state index contributed by atoms with van der Waals surface area (Å²) < 4.78 is 0. The summed E-state index contributed by atoms with van der Waals surface area (Å²) in [6, 6.07) is 40.7. The van der Waals surface area contributed by atoms with Crippen LogP contribution in [-0.4, -0.2) is 14.1 Å². The molecule has 0 atom stereocenters. The summed E-state index contributed by atoms with van der Waals surface area (Å²) >= 11 is 0. The standard InChI is InChI=1S/C28H25N/c1-29(2)26-21-13-12-20-25(26)28(24-18-10-5-11-19-24)27(22-14-6-3-7-15-22)23-16-8-4-9-17-23/h3-21H,1-2H3. The first-order chi connectivity index (χ1) is 14.3. The van der Waals surface area contributed by atoms with Gasteiger partial charge in [0.25, 0.3) is 0 Å². The lowest BCUT2D eigenvalue weighted by Gasteiger charge is -2.23. The normalized spacial score (nSPS) is 10.4. The van der Waals surface area contributed by atoms with Gasteiger partial charge in [0, 0.05) is 25.3 Å². The number of hydrogen-bond acceptors (Lipinski definition) is 1. The van der Waals surface area contributed by atoms with E-state index in [2.05, 4.69) is 134 Å². The highest BCUT2D eigenvalue weighted by Crippen LogP contribution is 2.39. The molecule has 1 nitrogen and oxygen atoms in total. The highest BCUT2D eigenvalue weighted by atomic mass is 15.1. The Bertz CT molecular complexity index is 1050. The largest absolute Gasteiger partial charge is 0.377 e. The number of benzene rings is 4. The average Bonchev–Trinajstić information content (AvgIpc) is 2.79. The molecule has 1 heteroatoms. The molecule has 0 spiro atoms. The number of nitrogens with zero attached hydrogens (tertiary/aromatic N) is 1. The maximum absolute atomic E-state index is 2.23. The fourth-order valence-corrected chi connectivity index (χ4v) is 3.78. The van der Waals surface area contributed by atoms with Crippen molar-refractivity contribution in [2.75, 3.05) is 19.0 Å². The van der Waals surface area contributed by atoms with Crippen LogP contribution in [0.25, 0.3) is 11.1 Å². The Balaban J connectivity index is 2.14. The molecular weight excluding hydrogens is 350 g/mol. The summed E-state index contributed by atoms with van der Waals surface area (Å²) in [6.07, 6.45) is 0. The van der Waals surface area contributed by atoms with Gasteiger partial charge in [0.1, 0.15) is 0 Å². The molecule has 0 saturated carbocycles. The summed E-state index contributed by atoms with van der Waals surface area (Å²) in [5, 5.41) is 0. The monoisotopic (exact) mass is 375 g/mol. The summed E-state index contributed by atoms with van der Waals surface area (Å²) in [5.41, 5.74) is 8.56. The third-order valence-corrected chi connectivity index (χ3v) is 5.09. The Labute approximate surface area is 173 Å². The van der Waals surface area contributed by atoms with E-state index in [0.29, 0.717) is 0 Å². The molecule has 0 aromatic heterocycles. The van der Waals surface area contributed by atoms with E-state index in [1.54, 1.807) is 0 Å². The summed E-state index contributed by atoms with van der Waals surface area (Å²) in [4.78, 5) is 2.19. The molecule has 0 saturated heterocycles. The molecule has 4 aromatic carbocycles. The zero-order valence-electron chi connectivity index (χ0n) is 16.9. The fourth-order valence-electron chi connectivity index (χ4n) is 3.78. The lowest BCUT2D eigenvalue weighted by molar-refractivity contribution is 1.13. The molecule has 0 heterocycles. The van der Waals surface area contributed by atoms with E-state index >= 15 is 0 Å². The molecule has 142 valence electrons. The Morgan fingerprint density at radius 1 is 0.448 bits per heavy atom. The molecule has 0 N–H and O–H groups in total. The van der Waals surface area contributed by atoms with Crippen LogP contribution in [0, 0.1) is 0 Å². The zero-order chi connectivity index (χ0) is 20.1. The Kier molecular flexibility index (Phi) is 5.58. The minimum absolute atomic E-state index is 1.20. The molecule has 0 bridgehead atoms. The maximum atomic E-state index is 2.23. The van der Waals surface area contributed by atoms with Gasteiger partial charge in [0.15, 0.2) is 0 Å². The third kappa shape index (κ3) is 4.00. The number of para-hydroxylation sites is 1. The van der Waals surface area contributed by atoms with E-state index in [1.807, 2.05) is 0 Å². The molecule has 0 fully saturated rings. The van der Waals surface area contributed by atoms with Gasteiger partial charge in [-0.25, -0.2) is 0 Å². The molecule has 4 rings (SSSR count). The van der Waals surface area contributed by atoms with Crippen LogP contribution in [0.5, 0.6) is 0 Å². The second-order valence-electron chi connectivity index (χ2n) is 7.26. The van der Waals surface area contributed by atoms with E-state index in [1.165, 1.54) is 39.1 Å². The molecular formula is C28H25N. The molecule has 0 aliphatic heterocycles. The maximum Gasteiger partial charge on any atom is 0.0441 e. The second-order valence-corrected chi connectivity index (χ2v) is 7.26. The van der Waals surface area contributed by atoms with Crippen molar-refractivity contribution in [1.29, 1.82) is 0 Å². The van der Waals surface area contributed by atoms with Gasteiger partial charge in [0.05, 0.1) is 0 Å².